The standard InChI is InChI=1S/C18H16BrF2NO3/c19-15-7-12(16(20)8-17(15)21)10-25-14-4-3-13(22-9-14)5-6-24-18(23)11-1-2-11/h3-4,7-9,11H,1-2,5-6,10H2. The predicted octanol–water partition coefficient (Wildman–Crippen LogP) is 4.20. The summed E-state index contributed by atoms with van der Waals surface area (Å²) in [5.74, 6) is -0.890. The number of esters is 1. The lowest BCUT2D eigenvalue weighted by atomic mass is 10.2. The minimum absolute atomic E-state index is 0.0370. The molecule has 4 nitrogen and oxygen atoms in total. The van der Waals surface area contributed by atoms with Crippen LogP contribution in [0, 0.1) is 17.6 Å². The minimum Gasteiger partial charge on any atom is -0.487 e. The third-order valence-electron chi connectivity index (χ3n) is 3.79. The summed E-state index contributed by atoms with van der Waals surface area (Å²) >= 11 is 3.02. The Morgan fingerprint density at radius 2 is 2.04 bits per heavy atom. The van der Waals surface area contributed by atoms with Gasteiger partial charge in [-0.3, -0.25) is 9.78 Å². The number of pyridine rings is 1. The van der Waals surface area contributed by atoms with Crippen molar-refractivity contribution in [3.63, 3.8) is 0 Å². The molecule has 3 rings (SSSR count). The number of hydrogen-bond acceptors (Lipinski definition) is 4. The topological polar surface area (TPSA) is 48.4 Å². The molecule has 1 aromatic heterocycles. The van der Waals surface area contributed by atoms with E-state index in [4.69, 9.17) is 9.47 Å². The highest BCUT2D eigenvalue weighted by molar-refractivity contribution is 9.10. The first-order chi connectivity index (χ1) is 12.0. The average Bonchev–Trinajstić information content (AvgIpc) is 3.43. The second kappa shape index (κ2) is 7.91. The molecule has 1 heterocycles. The third-order valence-corrected chi connectivity index (χ3v) is 4.40. The zero-order valence-corrected chi connectivity index (χ0v) is 14.9. The lowest BCUT2D eigenvalue weighted by Gasteiger charge is -2.09. The molecule has 0 bridgehead atoms. The highest BCUT2D eigenvalue weighted by Crippen LogP contribution is 2.30. The van der Waals surface area contributed by atoms with Gasteiger partial charge in [0, 0.05) is 23.7 Å². The fourth-order valence-electron chi connectivity index (χ4n) is 2.17. The van der Waals surface area contributed by atoms with Crippen molar-refractivity contribution < 1.29 is 23.0 Å². The molecule has 1 fully saturated rings. The normalized spacial score (nSPS) is 13.6. The Morgan fingerprint density at radius 1 is 1.24 bits per heavy atom. The molecule has 0 unspecified atom stereocenters. The van der Waals surface area contributed by atoms with Gasteiger partial charge in [0.1, 0.15) is 24.0 Å². The Kier molecular flexibility index (Phi) is 5.63. The molecule has 7 heteroatoms. The van der Waals surface area contributed by atoms with Gasteiger partial charge in [-0.15, -0.1) is 0 Å². The number of hydrogen-bond donors (Lipinski definition) is 0. The van der Waals surface area contributed by atoms with E-state index in [1.54, 1.807) is 12.1 Å². The Morgan fingerprint density at radius 3 is 2.72 bits per heavy atom. The number of nitrogens with zero attached hydrogens (tertiary/aromatic N) is 1. The number of benzene rings is 1. The van der Waals surface area contributed by atoms with E-state index in [-0.39, 0.29) is 28.5 Å². The van der Waals surface area contributed by atoms with Gasteiger partial charge in [-0.25, -0.2) is 8.78 Å². The zero-order chi connectivity index (χ0) is 17.8. The maximum Gasteiger partial charge on any atom is 0.308 e. The smallest absolute Gasteiger partial charge is 0.308 e. The largest absolute Gasteiger partial charge is 0.487 e. The molecule has 0 aliphatic heterocycles. The molecule has 0 N–H and O–H groups in total. The quantitative estimate of drug-likeness (QED) is 0.506. The van der Waals surface area contributed by atoms with Crippen LogP contribution in [0.2, 0.25) is 0 Å². The van der Waals surface area contributed by atoms with E-state index in [1.165, 1.54) is 12.3 Å². The summed E-state index contributed by atoms with van der Waals surface area (Å²) in [4.78, 5) is 15.6. The first-order valence-electron chi connectivity index (χ1n) is 7.90. The predicted molar refractivity (Wildman–Crippen MR) is 90.0 cm³/mol. The Labute approximate surface area is 152 Å². The van der Waals surface area contributed by atoms with E-state index in [2.05, 4.69) is 20.9 Å². The summed E-state index contributed by atoms with van der Waals surface area (Å²) in [5.41, 5.74) is 1.01. The molecule has 1 aliphatic carbocycles. The van der Waals surface area contributed by atoms with Crippen molar-refractivity contribution in [3.05, 3.63) is 57.8 Å². The van der Waals surface area contributed by atoms with Gasteiger partial charge in [-0.2, -0.15) is 0 Å². The molecule has 2 aromatic rings. The van der Waals surface area contributed by atoms with Gasteiger partial charge in [0.05, 0.1) is 23.2 Å². The second-order valence-corrected chi connectivity index (χ2v) is 6.68. The molecule has 0 amide bonds. The minimum atomic E-state index is -0.664. The Hall–Kier alpha value is -2.02. The van der Waals surface area contributed by atoms with Gasteiger partial charge in [0.2, 0.25) is 0 Å². The van der Waals surface area contributed by atoms with Crippen molar-refractivity contribution in [2.45, 2.75) is 25.9 Å². The SMILES string of the molecule is O=C(OCCc1ccc(OCc2cc(Br)c(F)cc2F)cn1)C1CC1. The maximum absolute atomic E-state index is 13.7. The molecule has 0 radical (unpaired) electrons. The second-order valence-electron chi connectivity index (χ2n) is 5.82. The maximum atomic E-state index is 13.7. The van der Waals surface area contributed by atoms with Crippen LogP contribution in [0.15, 0.2) is 34.9 Å². The summed E-state index contributed by atoms with van der Waals surface area (Å²) in [7, 11) is 0. The summed E-state index contributed by atoms with van der Waals surface area (Å²) < 4.78 is 37.7. The van der Waals surface area contributed by atoms with E-state index in [1.807, 2.05) is 0 Å². The highest BCUT2D eigenvalue weighted by atomic mass is 79.9. The van der Waals surface area contributed by atoms with Gasteiger partial charge in [0.15, 0.2) is 0 Å². The van der Waals surface area contributed by atoms with E-state index >= 15 is 0 Å². The average molecular weight is 412 g/mol. The van der Waals surface area contributed by atoms with Crippen LogP contribution in [0.3, 0.4) is 0 Å². The molecule has 25 heavy (non-hydrogen) atoms. The molecule has 132 valence electrons. The summed E-state index contributed by atoms with van der Waals surface area (Å²) in [6.07, 6.45) is 3.90. The summed E-state index contributed by atoms with van der Waals surface area (Å²) in [6, 6.07) is 5.63. The lowest BCUT2D eigenvalue weighted by Crippen LogP contribution is -2.09. The van der Waals surface area contributed by atoms with Gasteiger partial charge in [-0.05, 0) is 47.0 Å². The van der Waals surface area contributed by atoms with Crippen molar-refractivity contribution in [1.29, 1.82) is 0 Å². The van der Waals surface area contributed by atoms with Crippen LogP contribution < -0.4 is 4.74 Å². The summed E-state index contributed by atoms with van der Waals surface area (Å²) in [6.45, 7) is 0.266. The number of carbonyl (C=O) groups is 1. The van der Waals surface area contributed by atoms with Gasteiger partial charge in [-0.1, -0.05) is 0 Å². The van der Waals surface area contributed by atoms with Crippen molar-refractivity contribution in [1.82, 2.24) is 4.98 Å². The molecule has 1 aliphatic rings. The Balaban J connectivity index is 1.49. The fraction of sp³-hybridized carbons (Fsp3) is 0.333. The van der Waals surface area contributed by atoms with Crippen LogP contribution in [0.25, 0.3) is 0 Å². The van der Waals surface area contributed by atoms with E-state index in [0.717, 1.165) is 24.6 Å². The van der Waals surface area contributed by atoms with Crippen LogP contribution in [-0.2, 0) is 22.6 Å². The van der Waals surface area contributed by atoms with Crippen LogP contribution in [0.5, 0.6) is 5.75 Å². The van der Waals surface area contributed by atoms with Crippen molar-refractivity contribution >= 4 is 21.9 Å². The molecule has 0 spiro atoms. The highest BCUT2D eigenvalue weighted by Gasteiger charge is 2.30. The zero-order valence-electron chi connectivity index (χ0n) is 13.3. The number of rotatable bonds is 7. The van der Waals surface area contributed by atoms with Crippen molar-refractivity contribution in [3.8, 4) is 5.75 Å². The lowest BCUT2D eigenvalue weighted by molar-refractivity contribution is -0.145. The summed E-state index contributed by atoms with van der Waals surface area (Å²) in [5, 5.41) is 0. The first-order valence-corrected chi connectivity index (χ1v) is 8.70. The molecular weight excluding hydrogens is 396 g/mol. The molecule has 1 saturated carbocycles. The van der Waals surface area contributed by atoms with Crippen LogP contribution in [0.4, 0.5) is 8.78 Å². The monoisotopic (exact) mass is 411 g/mol. The fourth-order valence-corrected chi connectivity index (χ4v) is 2.56. The van der Waals surface area contributed by atoms with Crippen molar-refractivity contribution in [2.75, 3.05) is 6.61 Å². The Bertz CT molecular complexity index is 764. The van der Waals surface area contributed by atoms with Crippen LogP contribution in [0.1, 0.15) is 24.1 Å². The molecule has 1 aromatic carbocycles. The van der Waals surface area contributed by atoms with Gasteiger partial charge < -0.3 is 9.47 Å². The number of halogens is 3. The third kappa shape index (κ3) is 4.98. The molecular formula is C18H16BrF2NO3. The van der Waals surface area contributed by atoms with E-state index < -0.39 is 11.6 Å². The van der Waals surface area contributed by atoms with Gasteiger partial charge >= 0.3 is 5.97 Å². The van der Waals surface area contributed by atoms with E-state index in [9.17, 15) is 13.6 Å². The van der Waals surface area contributed by atoms with E-state index in [0.29, 0.717) is 18.8 Å². The number of aromatic nitrogens is 1. The molecule has 0 saturated heterocycles. The molecule has 0 atom stereocenters. The number of carbonyl (C=O) groups excluding carboxylic acids is 1. The van der Waals surface area contributed by atoms with Gasteiger partial charge in [0.25, 0.3) is 0 Å². The van der Waals surface area contributed by atoms with Crippen LogP contribution >= 0.6 is 15.9 Å². The number of ether oxygens (including phenoxy) is 2. The first kappa shape index (κ1) is 17.8. The van der Waals surface area contributed by atoms with Crippen LogP contribution in [-0.4, -0.2) is 17.6 Å². The van der Waals surface area contributed by atoms with Crippen molar-refractivity contribution in [2.24, 2.45) is 5.92 Å².